The number of hydrogen-bond donors (Lipinski definition) is 2. The van der Waals surface area contributed by atoms with Gasteiger partial charge in [-0.25, -0.2) is 4.79 Å². The van der Waals surface area contributed by atoms with Crippen molar-refractivity contribution in [2.24, 2.45) is 0 Å². The summed E-state index contributed by atoms with van der Waals surface area (Å²) in [5, 5.41) is 10.2. The van der Waals surface area contributed by atoms with E-state index in [-0.39, 0.29) is 5.75 Å². The lowest BCUT2D eigenvalue weighted by molar-refractivity contribution is 0.00578. The van der Waals surface area contributed by atoms with Crippen LogP contribution in [0.4, 0.5) is 5.69 Å². The number of phenols is 1. The fraction of sp³-hybridized carbons (Fsp3) is 0.269. The minimum atomic E-state index is -1.26. The lowest BCUT2D eigenvalue weighted by Gasteiger charge is -2.36. The highest BCUT2D eigenvalue weighted by atomic mass is 16.7. The maximum atomic E-state index is 13.0. The van der Waals surface area contributed by atoms with Crippen LogP contribution in [-0.4, -0.2) is 29.4 Å². The first-order chi connectivity index (χ1) is 16.0. The fourth-order valence-electron chi connectivity index (χ4n) is 4.87. The van der Waals surface area contributed by atoms with Crippen molar-refractivity contribution >= 4 is 24.2 Å². The van der Waals surface area contributed by atoms with Crippen LogP contribution in [0.2, 0.25) is 0 Å². The number of nitrogens with two attached hydrogens (primary N) is 1. The van der Waals surface area contributed by atoms with Crippen molar-refractivity contribution in [2.45, 2.75) is 44.5 Å². The highest BCUT2D eigenvalue weighted by molar-refractivity contribution is 6.62. The quantitative estimate of drug-likeness (QED) is 0.325. The monoisotopic (exact) mass is 457 g/mol. The van der Waals surface area contributed by atoms with Gasteiger partial charge in [0.25, 0.3) is 0 Å². The Morgan fingerprint density at radius 3 is 2.18 bits per heavy atom. The Balaban J connectivity index is 1.56. The first kappa shape index (κ1) is 21.1. The number of ether oxygens (including phenoxy) is 2. The van der Waals surface area contributed by atoms with Crippen molar-refractivity contribution in [1.29, 1.82) is 0 Å². The van der Waals surface area contributed by atoms with Gasteiger partial charge in [0.05, 0.1) is 16.8 Å². The van der Waals surface area contributed by atoms with E-state index in [0.29, 0.717) is 39.4 Å². The molecule has 0 bridgehead atoms. The lowest BCUT2D eigenvalue weighted by Crippen LogP contribution is -2.41. The Morgan fingerprint density at radius 1 is 0.824 bits per heavy atom. The minimum Gasteiger partial charge on any atom is -0.508 e. The van der Waals surface area contributed by atoms with Crippen LogP contribution >= 0.6 is 0 Å². The van der Waals surface area contributed by atoms with Crippen molar-refractivity contribution in [2.75, 3.05) is 5.73 Å². The molecule has 1 fully saturated rings. The van der Waals surface area contributed by atoms with Crippen molar-refractivity contribution in [3.8, 4) is 17.2 Å². The molecule has 3 heterocycles. The molecule has 34 heavy (non-hydrogen) atoms. The van der Waals surface area contributed by atoms with Gasteiger partial charge in [0.1, 0.15) is 17.2 Å². The van der Waals surface area contributed by atoms with E-state index in [4.69, 9.17) is 24.5 Å². The Bertz CT molecular complexity index is 1370. The second-order valence-corrected chi connectivity index (χ2v) is 10.0. The lowest BCUT2D eigenvalue weighted by atomic mass is 9.73. The molecule has 1 unspecified atom stereocenters. The van der Waals surface area contributed by atoms with Crippen molar-refractivity contribution in [3.63, 3.8) is 0 Å². The standard InChI is InChI=1S/C26H24BNO6/c1-24(2)25(3,4)34-27(33-24)14-5-9-18-21(11-14)31-22-13-16(29)7-10-19(22)26(18)20-12-15(28)6-8-17(20)23(30)32-26/h5-13,29H,28H2,1-4H3. The molecule has 3 aromatic rings. The molecule has 0 aromatic heterocycles. The summed E-state index contributed by atoms with van der Waals surface area (Å²) in [5.41, 5.74) is 7.50. The van der Waals surface area contributed by atoms with Gasteiger partial charge in [0, 0.05) is 28.4 Å². The number of phenolic OH excluding ortho intramolecular Hbond substituents is 1. The summed E-state index contributed by atoms with van der Waals surface area (Å²) in [4.78, 5) is 13.0. The van der Waals surface area contributed by atoms with Crippen LogP contribution in [0.25, 0.3) is 0 Å². The van der Waals surface area contributed by atoms with Gasteiger partial charge in [0.2, 0.25) is 0 Å². The van der Waals surface area contributed by atoms with Crippen LogP contribution in [0.3, 0.4) is 0 Å². The van der Waals surface area contributed by atoms with Crippen LogP contribution in [0.5, 0.6) is 17.2 Å². The van der Waals surface area contributed by atoms with E-state index in [1.54, 1.807) is 30.3 Å². The average Bonchev–Trinajstić information content (AvgIpc) is 3.16. The molecule has 6 rings (SSSR count). The van der Waals surface area contributed by atoms with Gasteiger partial charge in [-0.1, -0.05) is 12.1 Å². The first-order valence-corrected chi connectivity index (χ1v) is 11.2. The van der Waals surface area contributed by atoms with E-state index >= 15 is 0 Å². The number of fused-ring (bicyclic) bond motifs is 6. The SMILES string of the molecule is CC1(C)OB(c2ccc3c(c2)Oc2cc(O)ccc2C32OC(=O)c3ccc(N)cc32)OC1(C)C. The van der Waals surface area contributed by atoms with Crippen molar-refractivity contribution in [3.05, 3.63) is 76.9 Å². The van der Waals surface area contributed by atoms with Gasteiger partial charge in [-0.2, -0.15) is 0 Å². The van der Waals surface area contributed by atoms with Crippen LogP contribution < -0.4 is 15.9 Å². The fourth-order valence-corrected chi connectivity index (χ4v) is 4.87. The second kappa shape index (κ2) is 6.55. The Hall–Kier alpha value is -3.49. The number of carbonyl (C=O) groups excluding carboxylic acids is 1. The van der Waals surface area contributed by atoms with Crippen molar-refractivity contribution in [1.82, 2.24) is 0 Å². The largest absolute Gasteiger partial charge is 0.508 e. The maximum absolute atomic E-state index is 13.0. The van der Waals surface area contributed by atoms with E-state index in [2.05, 4.69) is 0 Å². The predicted molar refractivity (Wildman–Crippen MR) is 126 cm³/mol. The first-order valence-electron chi connectivity index (χ1n) is 11.2. The van der Waals surface area contributed by atoms with Crippen LogP contribution in [0, 0.1) is 0 Å². The predicted octanol–water partition coefficient (Wildman–Crippen LogP) is 3.84. The summed E-state index contributed by atoms with van der Waals surface area (Å²) in [5.74, 6) is 0.462. The van der Waals surface area contributed by atoms with E-state index in [1.807, 2.05) is 45.9 Å². The molecule has 0 saturated carbocycles. The third-order valence-corrected chi connectivity index (χ3v) is 7.36. The molecule has 0 radical (unpaired) electrons. The summed E-state index contributed by atoms with van der Waals surface area (Å²) >= 11 is 0. The summed E-state index contributed by atoms with van der Waals surface area (Å²) < 4.78 is 24.8. The molecule has 0 aliphatic carbocycles. The average molecular weight is 457 g/mol. The van der Waals surface area contributed by atoms with Gasteiger partial charge >= 0.3 is 13.1 Å². The van der Waals surface area contributed by atoms with Crippen molar-refractivity contribution < 1.29 is 28.7 Å². The maximum Gasteiger partial charge on any atom is 0.494 e. The van der Waals surface area contributed by atoms with E-state index in [1.165, 1.54) is 6.07 Å². The molecular formula is C26H24BNO6. The Labute approximate surface area is 197 Å². The number of rotatable bonds is 1. The summed E-state index contributed by atoms with van der Waals surface area (Å²) in [6.45, 7) is 7.98. The number of benzene rings is 3. The Morgan fingerprint density at radius 2 is 1.47 bits per heavy atom. The van der Waals surface area contributed by atoms with Crippen LogP contribution in [0.15, 0.2) is 54.6 Å². The summed E-state index contributed by atoms with van der Waals surface area (Å²) in [7, 11) is -0.588. The molecule has 3 aromatic carbocycles. The molecule has 0 amide bonds. The van der Waals surface area contributed by atoms with E-state index in [9.17, 15) is 9.90 Å². The number of aromatic hydroxyl groups is 1. The number of nitrogen functional groups attached to an aromatic ring is 1. The zero-order chi connectivity index (χ0) is 24.0. The third kappa shape index (κ3) is 2.69. The molecule has 7 nitrogen and oxygen atoms in total. The molecular weight excluding hydrogens is 433 g/mol. The number of anilines is 1. The molecule has 1 spiro atoms. The summed E-state index contributed by atoms with van der Waals surface area (Å²) in [6, 6.07) is 15.5. The molecule has 172 valence electrons. The van der Waals surface area contributed by atoms with E-state index < -0.39 is 29.9 Å². The number of esters is 1. The molecule has 1 saturated heterocycles. The van der Waals surface area contributed by atoms with E-state index in [0.717, 1.165) is 5.46 Å². The second-order valence-electron chi connectivity index (χ2n) is 10.0. The highest BCUT2D eigenvalue weighted by Gasteiger charge is 2.55. The molecule has 8 heteroatoms. The van der Waals surface area contributed by atoms with Crippen LogP contribution in [-0.2, 0) is 19.6 Å². The zero-order valence-corrected chi connectivity index (χ0v) is 19.3. The minimum absolute atomic E-state index is 0.0385. The van der Waals surface area contributed by atoms with Gasteiger partial charge in [0.15, 0.2) is 5.60 Å². The summed E-state index contributed by atoms with van der Waals surface area (Å²) in [6.07, 6.45) is 0. The third-order valence-electron chi connectivity index (χ3n) is 7.36. The number of carbonyl (C=O) groups is 1. The van der Waals surface area contributed by atoms with Crippen LogP contribution in [0.1, 0.15) is 54.7 Å². The highest BCUT2D eigenvalue weighted by Crippen LogP contribution is 2.56. The number of hydrogen-bond acceptors (Lipinski definition) is 7. The Kier molecular flexibility index (Phi) is 4.06. The van der Waals surface area contributed by atoms with Gasteiger partial charge in [-0.3, -0.25) is 0 Å². The van der Waals surface area contributed by atoms with Gasteiger partial charge in [-0.15, -0.1) is 0 Å². The topological polar surface area (TPSA) is 100 Å². The van der Waals surface area contributed by atoms with Gasteiger partial charge in [-0.05, 0) is 69.6 Å². The normalized spacial score (nSPS) is 23.2. The molecule has 3 N–H and O–H groups in total. The van der Waals surface area contributed by atoms with Gasteiger partial charge < -0.3 is 29.6 Å². The zero-order valence-electron chi connectivity index (χ0n) is 19.3. The molecule has 3 aliphatic rings. The molecule has 3 aliphatic heterocycles. The molecule has 1 atom stereocenters. The smallest absolute Gasteiger partial charge is 0.494 e.